The molecule has 1 amide bonds. The molecule has 0 radical (unpaired) electrons. The van der Waals surface area contributed by atoms with Crippen molar-refractivity contribution in [3.05, 3.63) is 29.8 Å². The van der Waals surface area contributed by atoms with Gasteiger partial charge in [-0.25, -0.2) is 17.1 Å². The highest BCUT2D eigenvalue weighted by Gasteiger charge is 2.27. The van der Waals surface area contributed by atoms with Gasteiger partial charge in [0.05, 0.1) is 17.5 Å². The van der Waals surface area contributed by atoms with Gasteiger partial charge in [-0.1, -0.05) is 0 Å². The van der Waals surface area contributed by atoms with Crippen molar-refractivity contribution in [1.82, 2.24) is 14.6 Å². The van der Waals surface area contributed by atoms with Crippen LogP contribution in [0, 0.1) is 5.82 Å². The summed E-state index contributed by atoms with van der Waals surface area (Å²) in [5.41, 5.74) is -0.0476. The Labute approximate surface area is 123 Å². The number of nitrogens with zero attached hydrogens (tertiary/aromatic N) is 2. The molecule has 0 atom stereocenters. The van der Waals surface area contributed by atoms with Gasteiger partial charge >= 0.3 is 0 Å². The third-order valence-corrected chi connectivity index (χ3v) is 5.45. The molecule has 21 heavy (non-hydrogen) atoms. The summed E-state index contributed by atoms with van der Waals surface area (Å²) in [4.78, 5) is 15.5. The summed E-state index contributed by atoms with van der Waals surface area (Å²) in [5.74, 6) is -1.08. The number of pyridine rings is 1. The lowest BCUT2D eigenvalue weighted by Gasteiger charge is -2.31. The van der Waals surface area contributed by atoms with Crippen molar-refractivity contribution in [2.75, 3.05) is 18.8 Å². The second-order valence-corrected chi connectivity index (χ2v) is 7.16. The summed E-state index contributed by atoms with van der Waals surface area (Å²) >= 11 is 0. The van der Waals surface area contributed by atoms with E-state index in [2.05, 4.69) is 10.3 Å². The first-order chi connectivity index (χ1) is 9.94. The van der Waals surface area contributed by atoms with E-state index in [-0.39, 0.29) is 17.4 Å². The van der Waals surface area contributed by atoms with E-state index in [0.717, 1.165) is 6.20 Å². The Morgan fingerprint density at radius 1 is 1.48 bits per heavy atom. The lowest BCUT2D eigenvalue weighted by atomic mass is 10.1. The number of aromatic nitrogens is 1. The fraction of sp³-hybridized carbons (Fsp3) is 0.538. The van der Waals surface area contributed by atoms with Crippen molar-refractivity contribution in [3.8, 4) is 0 Å². The highest BCUT2D eigenvalue weighted by molar-refractivity contribution is 7.89. The van der Waals surface area contributed by atoms with E-state index < -0.39 is 21.7 Å². The van der Waals surface area contributed by atoms with Crippen LogP contribution in [0.1, 0.15) is 30.1 Å². The molecule has 2 heterocycles. The number of hydrogen-bond donors (Lipinski definition) is 1. The van der Waals surface area contributed by atoms with Gasteiger partial charge in [0.2, 0.25) is 10.0 Å². The van der Waals surface area contributed by atoms with E-state index in [4.69, 9.17) is 0 Å². The van der Waals surface area contributed by atoms with Gasteiger partial charge in [0.1, 0.15) is 0 Å². The molecule has 0 aromatic carbocycles. The van der Waals surface area contributed by atoms with Gasteiger partial charge in [0.15, 0.2) is 5.82 Å². The predicted octanol–water partition coefficient (Wildman–Crippen LogP) is 0.765. The molecule has 0 spiro atoms. The fourth-order valence-electron chi connectivity index (χ4n) is 2.28. The number of carbonyl (C=O) groups is 1. The molecule has 0 saturated carbocycles. The van der Waals surface area contributed by atoms with Gasteiger partial charge in [-0.15, -0.1) is 0 Å². The largest absolute Gasteiger partial charge is 0.349 e. The Morgan fingerprint density at radius 2 is 2.14 bits per heavy atom. The molecular formula is C13H18FN3O3S. The molecule has 1 aliphatic heterocycles. The van der Waals surface area contributed by atoms with Crippen LogP contribution >= 0.6 is 0 Å². The predicted molar refractivity (Wildman–Crippen MR) is 75.7 cm³/mol. The van der Waals surface area contributed by atoms with E-state index in [1.54, 1.807) is 6.92 Å². The first kappa shape index (κ1) is 15.8. The normalized spacial score (nSPS) is 17.6. The van der Waals surface area contributed by atoms with Crippen molar-refractivity contribution in [1.29, 1.82) is 0 Å². The second-order valence-electron chi connectivity index (χ2n) is 4.90. The number of hydrogen-bond acceptors (Lipinski definition) is 4. The lowest BCUT2D eigenvalue weighted by Crippen LogP contribution is -2.47. The molecule has 1 aromatic rings. The van der Waals surface area contributed by atoms with E-state index >= 15 is 0 Å². The molecule has 0 aliphatic carbocycles. The highest BCUT2D eigenvalue weighted by Crippen LogP contribution is 2.15. The Balaban J connectivity index is 1.92. The summed E-state index contributed by atoms with van der Waals surface area (Å²) in [6.07, 6.45) is 3.40. The summed E-state index contributed by atoms with van der Waals surface area (Å²) < 4.78 is 38.3. The third kappa shape index (κ3) is 3.76. The molecule has 1 aromatic heterocycles. The van der Waals surface area contributed by atoms with Crippen molar-refractivity contribution in [3.63, 3.8) is 0 Å². The minimum atomic E-state index is -3.18. The van der Waals surface area contributed by atoms with Gasteiger partial charge < -0.3 is 5.32 Å². The van der Waals surface area contributed by atoms with Crippen LogP contribution in [-0.4, -0.2) is 48.5 Å². The number of amides is 1. The van der Waals surface area contributed by atoms with Gasteiger partial charge in [-0.3, -0.25) is 9.78 Å². The van der Waals surface area contributed by atoms with Gasteiger partial charge in [0.25, 0.3) is 5.91 Å². The first-order valence-corrected chi connectivity index (χ1v) is 8.43. The maximum Gasteiger partial charge on any atom is 0.254 e. The standard InChI is InChI=1S/C13H18FN3O3S/c1-2-21(19,20)17-7-4-10(5-8-17)16-13(18)11-3-6-15-9-12(11)14/h3,6,9-10H,2,4-5,7-8H2,1H3,(H,16,18). The van der Waals surface area contributed by atoms with Crippen LogP contribution in [0.5, 0.6) is 0 Å². The molecule has 1 saturated heterocycles. The highest BCUT2D eigenvalue weighted by atomic mass is 32.2. The number of halogens is 1. The summed E-state index contributed by atoms with van der Waals surface area (Å²) in [5, 5.41) is 2.74. The van der Waals surface area contributed by atoms with Crippen molar-refractivity contribution >= 4 is 15.9 Å². The minimum Gasteiger partial charge on any atom is -0.349 e. The number of rotatable bonds is 4. The average Bonchev–Trinajstić information content (AvgIpc) is 2.48. The van der Waals surface area contributed by atoms with Gasteiger partial charge in [0, 0.05) is 25.3 Å². The molecule has 116 valence electrons. The van der Waals surface area contributed by atoms with Crippen molar-refractivity contribution in [2.24, 2.45) is 0 Å². The summed E-state index contributed by atoms with van der Waals surface area (Å²) in [6, 6.07) is 1.18. The van der Waals surface area contributed by atoms with Crippen molar-refractivity contribution in [2.45, 2.75) is 25.8 Å². The number of piperidine rings is 1. The van der Waals surface area contributed by atoms with Crippen LogP contribution in [0.4, 0.5) is 4.39 Å². The SMILES string of the molecule is CCS(=O)(=O)N1CCC(NC(=O)c2ccncc2F)CC1. The molecule has 2 rings (SSSR count). The summed E-state index contributed by atoms with van der Waals surface area (Å²) in [6.45, 7) is 2.36. The Morgan fingerprint density at radius 3 is 2.71 bits per heavy atom. The van der Waals surface area contributed by atoms with Crippen LogP contribution in [0.15, 0.2) is 18.5 Å². The van der Waals surface area contributed by atoms with Crippen molar-refractivity contribution < 1.29 is 17.6 Å². The monoisotopic (exact) mass is 315 g/mol. The van der Waals surface area contributed by atoms with E-state index in [1.807, 2.05) is 0 Å². The topological polar surface area (TPSA) is 79.4 Å². The average molecular weight is 315 g/mol. The zero-order chi connectivity index (χ0) is 15.5. The van der Waals surface area contributed by atoms with Crippen LogP contribution in [-0.2, 0) is 10.0 Å². The van der Waals surface area contributed by atoms with E-state index in [1.165, 1.54) is 16.6 Å². The second kappa shape index (κ2) is 6.48. The van der Waals surface area contributed by atoms with Gasteiger partial charge in [-0.2, -0.15) is 0 Å². The molecule has 1 aliphatic rings. The fourth-order valence-corrected chi connectivity index (χ4v) is 3.42. The number of carbonyl (C=O) groups excluding carboxylic acids is 1. The van der Waals surface area contributed by atoms with Crippen LogP contribution < -0.4 is 5.32 Å². The lowest BCUT2D eigenvalue weighted by molar-refractivity contribution is 0.0919. The molecule has 0 bridgehead atoms. The molecule has 8 heteroatoms. The quantitative estimate of drug-likeness (QED) is 0.890. The molecule has 1 fully saturated rings. The zero-order valence-electron chi connectivity index (χ0n) is 11.8. The Kier molecular flexibility index (Phi) is 4.89. The Bertz CT molecular complexity index is 613. The molecule has 0 unspecified atom stereocenters. The smallest absolute Gasteiger partial charge is 0.254 e. The number of sulfonamides is 1. The van der Waals surface area contributed by atoms with E-state index in [9.17, 15) is 17.6 Å². The molecule has 1 N–H and O–H groups in total. The van der Waals surface area contributed by atoms with E-state index in [0.29, 0.717) is 25.9 Å². The van der Waals surface area contributed by atoms with Crippen LogP contribution in [0.25, 0.3) is 0 Å². The maximum atomic E-state index is 13.4. The first-order valence-electron chi connectivity index (χ1n) is 6.82. The zero-order valence-corrected chi connectivity index (χ0v) is 12.6. The Hall–Kier alpha value is -1.54. The maximum absolute atomic E-state index is 13.4. The molecular weight excluding hydrogens is 297 g/mol. The molecule has 6 nitrogen and oxygen atoms in total. The number of nitrogens with one attached hydrogen (secondary N) is 1. The van der Waals surface area contributed by atoms with Crippen LogP contribution in [0.3, 0.4) is 0 Å². The summed E-state index contributed by atoms with van der Waals surface area (Å²) in [7, 11) is -3.18. The third-order valence-electron chi connectivity index (χ3n) is 3.56. The van der Waals surface area contributed by atoms with Crippen LogP contribution in [0.2, 0.25) is 0 Å². The van der Waals surface area contributed by atoms with Gasteiger partial charge in [-0.05, 0) is 25.8 Å². The minimum absolute atomic E-state index is 0.0476.